The Hall–Kier alpha value is -2.63. The number of likely N-dealkylation sites (tertiary alicyclic amines) is 1. The summed E-state index contributed by atoms with van der Waals surface area (Å²) in [5.74, 6) is -0.357. The molecule has 0 aliphatic carbocycles. The third-order valence-corrected chi connectivity index (χ3v) is 5.31. The minimum absolute atomic E-state index is 0.0128. The first-order valence-electron chi connectivity index (χ1n) is 9.08. The minimum atomic E-state index is -0.578. The standard InChI is InChI=1S/C20H25N3O3/c1-3-17(24)22-11-8-15(9-12-22)20(26)23-13-10-21-19(25)18(23)16-7-5-4-6-14(16)2/h3-7,15,18H,1,8-13H2,2H3,(H,21,25). The summed E-state index contributed by atoms with van der Waals surface area (Å²) in [6, 6.07) is 7.12. The van der Waals surface area contributed by atoms with Crippen molar-refractivity contribution in [1.82, 2.24) is 15.1 Å². The maximum absolute atomic E-state index is 13.2. The lowest BCUT2D eigenvalue weighted by molar-refractivity contribution is -0.148. The van der Waals surface area contributed by atoms with E-state index in [-0.39, 0.29) is 23.6 Å². The van der Waals surface area contributed by atoms with E-state index in [1.54, 1.807) is 9.80 Å². The van der Waals surface area contributed by atoms with Crippen LogP contribution in [0.4, 0.5) is 0 Å². The molecule has 1 unspecified atom stereocenters. The molecule has 3 amide bonds. The Morgan fingerprint density at radius 2 is 1.88 bits per heavy atom. The van der Waals surface area contributed by atoms with Crippen molar-refractivity contribution in [2.75, 3.05) is 26.2 Å². The zero-order valence-corrected chi connectivity index (χ0v) is 15.1. The van der Waals surface area contributed by atoms with Crippen molar-refractivity contribution >= 4 is 17.7 Å². The summed E-state index contributed by atoms with van der Waals surface area (Å²) in [6.07, 6.45) is 2.55. The van der Waals surface area contributed by atoms with E-state index in [0.29, 0.717) is 39.0 Å². The number of carbonyl (C=O) groups excluding carboxylic acids is 3. The van der Waals surface area contributed by atoms with Gasteiger partial charge in [-0.3, -0.25) is 14.4 Å². The largest absolute Gasteiger partial charge is 0.352 e. The van der Waals surface area contributed by atoms with Gasteiger partial charge in [0.25, 0.3) is 0 Å². The molecule has 1 atom stereocenters. The first-order valence-corrected chi connectivity index (χ1v) is 9.08. The maximum atomic E-state index is 13.2. The molecule has 6 heteroatoms. The lowest BCUT2D eigenvalue weighted by Gasteiger charge is -2.39. The predicted octanol–water partition coefficient (Wildman–Crippen LogP) is 1.42. The Morgan fingerprint density at radius 3 is 2.54 bits per heavy atom. The molecule has 2 aliphatic rings. The van der Waals surface area contributed by atoms with E-state index in [0.717, 1.165) is 11.1 Å². The van der Waals surface area contributed by atoms with Crippen LogP contribution in [0.1, 0.15) is 30.0 Å². The van der Waals surface area contributed by atoms with E-state index >= 15 is 0 Å². The number of hydrogen-bond acceptors (Lipinski definition) is 3. The topological polar surface area (TPSA) is 69.7 Å². The zero-order valence-electron chi connectivity index (χ0n) is 15.1. The lowest BCUT2D eigenvalue weighted by Crippen LogP contribution is -2.54. The van der Waals surface area contributed by atoms with Gasteiger partial charge in [-0.25, -0.2) is 0 Å². The first kappa shape index (κ1) is 18.2. The van der Waals surface area contributed by atoms with E-state index in [4.69, 9.17) is 0 Å². The fraction of sp³-hybridized carbons (Fsp3) is 0.450. The summed E-state index contributed by atoms with van der Waals surface area (Å²) in [6.45, 7) is 7.56. The number of piperidine rings is 1. The highest BCUT2D eigenvalue weighted by molar-refractivity contribution is 5.91. The third-order valence-electron chi connectivity index (χ3n) is 5.31. The lowest BCUT2D eigenvalue weighted by atomic mass is 9.92. The van der Waals surface area contributed by atoms with Crippen LogP contribution in [-0.2, 0) is 14.4 Å². The summed E-state index contributed by atoms with van der Waals surface area (Å²) in [7, 11) is 0. The van der Waals surface area contributed by atoms with Gasteiger partial charge in [-0.1, -0.05) is 30.8 Å². The number of rotatable bonds is 3. The Balaban J connectivity index is 1.77. The maximum Gasteiger partial charge on any atom is 0.247 e. The second-order valence-electron chi connectivity index (χ2n) is 6.89. The van der Waals surface area contributed by atoms with Crippen molar-refractivity contribution in [1.29, 1.82) is 0 Å². The number of aryl methyl sites for hydroxylation is 1. The monoisotopic (exact) mass is 355 g/mol. The van der Waals surface area contributed by atoms with Gasteiger partial charge >= 0.3 is 0 Å². The highest BCUT2D eigenvalue weighted by atomic mass is 16.2. The SMILES string of the molecule is C=CC(=O)N1CCC(C(=O)N2CCNC(=O)C2c2ccccc2C)CC1. The van der Waals surface area contributed by atoms with E-state index in [9.17, 15) is 14.4 Å². The van der Waals surface area contributed by atoms with Gasteiger partial charge in [0, 0.05) is 32.1 Å². The third kappa shape index (κ3) is 3.49. The van der Waals surface area contributed by atoms with Crippen LogP contribution in [0, 0.1) is 12.8 Å². The fourth-order valence-corrected chi connectivity index (χ4v) is 3.82. The van der Waals surface area contributed by atoms with Crippen LogP contribution in [0.25, 0.3) is 0 Å². The number of amides is 3. The van der Waals surface area contributed by atoms with Crippen molar-refractivity contribution in [2.45, 2.75) is 25.8 Å². The van der Waals surface area contributed by atoms with Crippen molar-refractivity contribution < 1.29 is 14.4 Å². The smallest absolute Gasteiger partial charge is 0.247 e. The van der Waals surface area contributed by atoms with Crippen molar-refractivity contribution in [3.63, 3.8) is 0 Å². The van der Waals surface area contributed by atoms with Crippen molar-refractivity contribution in [3.8, 4) is 0 Å². The van der Waals surface area contributed by atoms with Gasteiger partial charge in [0.2, 0.25) is 17.7 Å². The molecule has 2 aliphatic heterocycles. The summed E-state index contributed by atoms with van der Waals surface area (Å²) in [5.41, 5.74) is 1.87. The molecule has 0 radical (unpaired) electrons. The van der Waals surface area contributed by atoms with Gasteiger partial charge < -0.3 is 15.1 Å². The van der Waals surface area contributed by atoms with Crippen molar-refractivity contribution in [2.24, 2.45) is 5.92 Å². The molecular weight excluding hydrogens is 330 g/mol. The zero-order chi connectivity index (χ0) is 18.7. The van der Waals surface area contributed by atoms with Gasteiger partial charge in [0.15, 0.2) is 0 Å². The van der Waals surface area contributed by atoms with Gasteiger partial charge in [-0.2, -0.15) is 0 Å². The van der Waals surface area contributed by atoms with E-state index < -0.39 is 6.04 Å². The molecule has 1 aromatic carbocycles. The molecule has 0 saturated carbocycles. The second-order valence-corrected chi connectivity index (χ2v) is 6.89. The Bertz CT molecular complexity index is 723. The van der Waals surface area contributed by atoms with E-state index in [2.05, 4.69) is 11.9 Å². The number of hydrogen-bond donors (Lipinski definition) is 1. The number of carbonyl (C=O) groups is 3. The number of piperazine rings is 1. The molecule has 0 aromatic heterocycles. The second kappa shape index (κ2) is 7.72. The molecule has 0 bridgehead atoms. The van der Waals surface area contributed by atoms with Crippen molar-refractivity contribution in [3.05, 3.63) is 48.0 Å². The molecule has 6 nitrogen and oxygen atoms in total. The molecule has 2 fully saturated rings. The number of benzene rings is 1. The highest BCUT2D eigenvalue weighted by Crippen LogP contribution is 2.30. The fourth-order valence-electron chi connectivity index (χ4n) is 3.82. The predicted molar refractivity (Wildman–Crippen MR) is 98.1 cm³/mol. The van der Waals surface area contributed by atoms with Crippen LogP contribution >= 0.6 is 0 Å². The molecule has 3 rings (SSSR count). The average molecular weight is 355 g/mol. The number of nitrogens with one attached hydrogen (secondary N) is 1. The van der Waals surface area contributed by atoms with E-state index in [1.807, 2.05) is 31.2 Å². The summed E-state index contributed by atoms with van der Waals surface area (Å²) < 4.78 is 0. The Morgan fingerprint density at radius 1 is 1.19 bits per heavy atom. The van der Waals surface area contributed by atoms with Crippen LogP contribution in [0.5, 0.6) is 0 Å². The summed E-state index contributed by atoms with van der Waals surface area (Å²) in [4.78, 5) is 40.9. The van der Waals surface area contributed by atoms with Crippen LogP contribution in [0.3, 0.4) is 0 Å². The highest BCUT2D eigenvalue weighted by Gasteiger charge is 2.38. The summed E-state index contributed by atoms with van der Waals surface area (Å²) in [5, 5.41) is 2.88. The molecule has 26 heavy (non-hydrogen) atoms. The average Bonchev–Trinajstić information content (AvgIpc) is 2.67. The number of nitrogens with zero attached hydrogens (tertiary/aromatic N) is 2. The molecule has 1 aromatic rings. The summed E-state index contributed by atoms with van der Waals surface area (Å²) >= 11 is 0. The molecule has 138 valence electrons. The molecule has 2 heterocycles. The molecular formula is C20H25N3O3. The Kier molecular flexibility index (Phi) is 5.40. The molecule has 1 N–H and O–H groups in total. The van der Waals surface area contributed by atoms with Crippen LogP contribution < -0.4 is 5.32 Å². The van der Waals surface area contributed by atoms with E-state index in [1.165, 1.54) is 6.08 Å². The normalized spacial score (nSPS) is 21.3. The molecule has 0 spiro atoms. The van der Waals surface area contributed by atoms with Crippen LogP contribution in [0.2, 0.25) is 0 Å². The van der Waals surface area contributed by atoms with Gasteiger partial charge in [-0.05, 0) is 37.0 Å². The molecule has 2 saturated heterocycles. The quantitative estimate of drug-likeness (QED) is 0.834. The Labute approximate surface area is 153 Å². The van der Waals surface area contributed by atoms with Gasteiger partial charge in [0.05, 0.1) is 0 Å². The minimum Gasteiger partial charge on any atom is -0.352 e. The van der Waals surface area contributed by atoms with Crippen LogP contribution in [0.15, 0.2) is 36.9 Å². The first-order chi connectivity index (χ1) is 12.5. The van der Waals surface area contributed by atoms with Gasteiger partial charge in [-0.15, -0.1) is 0 Å². The van der Waals surface area contributed by atoms with Gasteiger partial charge in [0.1, 0.15) is 6.04 Å². The van der Waals surface area contributed by atoms with Crippen LogP contribution in [-0.4, -0.2) is 53.7 Å².